The van der Waals surface area contributed by atoms with Gasteiger partial charge in [-0.15, -0.1) is 0 Å². The summed E-state index contributed by atoms with van der Waals surface area (Å²) in [6.07, 6.45) is 0. The van der Waals surface area contributed by atoms with Gasteiger partial charge in [-0.25, -0.2) is 4.98 Å². The molecule has 0 saturated carbocycles. The number of H-pyrrole nitrogens is 1. The molecule has 0 atom stereocenters. The van der Waals surface area contributed by atoms with E-state index in [0.29, 0.717) is 0 Å². The Labute approximate surface area is 192 Å². The highest BCUT2D eigenvalue weighted by Crippen LogP contribution is 2.38. The highest BCUT2D eigenvalue weighted by molar-refractivity contribution is 5.92. The van der Waals surface area contributed by atoms with Crippen LogP contribution in [0.15, 0.2) is 103 Å². The normalized spacial score (nSPS) is 11.3. The van der Waals surface area contributed by atoms with Gasteiger partial charge >= 0.3 is 0 Å². The van der Waals surface area contributed by atoms with Crippen LogP contribution in [-0.4, -0.2) is 15.1 Å². The van der Waals surface area contributed by atoms with E-state index < -0.39 is 0 Å². The van der Waals surface area contributed by atoms with Gasteiger partial charge in [0.25, 0.3) is 0 Å². The maximum Gasteiger partial charge on any atom is 0.139 e. The molecule has 0 aliphatic rings. The molecule has 0 amide bonds. The molecule has 0 aliphatic heterocycles. The number of para-hydroxylation sites is 2. The zero-order chi connectivity index (χ0) is 22.4. The first-order valence-electron chi connectivity index (χ1n) is 11.0. The molecule has 6 aromatic rings. The fourth-order valence-electron chi connectivity index (χ4n) is 4.50. The fraction of sp³-hybridized carbons (Fsp3) is 0.0333. The number of hydrogen-bond acceptors (Lipinski definition) is 2. The second kappa shape index (κ2) is 7.64. The van der Waals surface area contributed by atoms with Gasteiger partial charge < -0.3 is 10.1 Å². The number of fused-ring (bicyclic) bond motifs is 2. The maximum absolute atomic E-state index is 10.3. The van der Waals surface area contributed by atoms with Gasteiger partial charge in [-0.1, -0.05) is 66.7 Å². The molecule has 1 heterocycles. The molecule has 3 nitrogen and oxygen atoms in total. The molecule has 0 radical (unpaired) electrons. The number of aromatic amines is 1. The first kappa shape index (κ1) is 19.3. The lowest BCUT2D eigenvalue weighted by atomic mass is 9.91. The van der Waals surface area contributed by atoms with E-state index in [1.54, 1.807) is 6.07 Å². The van der Waals surface area contributed by atoms with Crippen molar-refractivity contribution < 1.29 is 5.11 Å². The fourth-order valence-corrected chi connectivity index (χ4v) is 4.50. The summed E-state index contributed by atoms with van der Waals surface area (Å²) in [7, 11) is 0. The molecule has 0 saturated heterocycles. The number of nitrogens with one attached hydrogen (secondary N) is 1. The molecule has 3 heteroatoms. The maximum atomic E-state index is 10.3. The molecule has 0 fully saturated rings. The Bertz CT molecular complexity index is 1610. The van der Waals surface area contributed by atoms with Gasteiger partial charge in [-0.2, -0.15) is 0 Å². The Morgan fingerprint density at radius 3 is 2.27 bits per heavy atom. The highest BCUT2D eigenvalue weighted by Gasteiger charge is 2.15. The summed E-state index contributed by atoms with van der Waals surface area (Å²) >= 11 is 0. The van der Waals surface area contributed by atoms with E-state index in [9.17, 15) is 5.11 Å². The van der Waals surface area contributed by atoms with Gasteiger partial charge in [0.1, 0.15) is 11.6 Å². The lowest BCUT2D eigenvalue weighted by Crippen LogP contribution is -1.91. The van der Waals surface area contributed by atoms with Crippen LogP contribution in [0.1, 0.15) is 5.56 Å². The van der Waals surface area contributed by atoms with Gasteiger partial charge in [-0.3, -0.25) is 0 Å². The molecule has 6 rings (SSSR count). The predicted molar refractivity (Wildman–Crippen MR) is 136 cm³/mol. The molecule has 2 N–H and O–H groups in total. The van der Waals surface area contributed by atoms with Crippen molar-refractivity contribution in [1.82, 2.24) is 9.97 Å². The van der Waals surface area contributed by atoms with Crippen LogP contribution in [0.2, 0.25) is 0 Å². The van der Waals surface area contributed by atoms with Gasteiger partial charge in [0.2, 0.25) is 0 Å². The third kappa shape index (κ3) is 3.44. The van der Waals surface area contributed by atoms with Gasteiger partial charge in [0, 0.05) is 5.56 Å². The van der Waals surface area contributed by atoms with E-state index in [4.69, 9.17) is 4.98 Å². The van der Waals surface area contributed by atoms with Crippen molar-refractivity contribution in [1.29, 1.82) is 0 Å². The minimum absolute atomic E-state index is 0.252. The molecule has 1 aromatic heterocycles. The van der Waals surface area contributed by atoms with E-state index in [0.717, 1.165) is 50.2 Å². The lowest BCUT2D eigenvalue weighted by molar-refractivity contribution is 0.475. The zero-order valence-corrected chi connectivity index (χ0v) is 18.2. The minimum atomic E-state index is 0.252. The topological polar surface area (TPSA) is 48.9 Å². The van der Waals surface area contributed by atoms with Crippen molar-refractivity contribution in [2.45, 2.75) is 6.92 Å². The van der Waals surface area contributed by atoms with Crippen LogP contribution in [0, 0.1) is 6.92 Å². The Hall–Kier alpha value is -4.37. The second-order valence-corrected chi connectivity index (χ2v) is 8.42. The van der Waals surface area contributed by atoms with Crippen LogP contribution in [0.5, 0.6) is 5.75 Å². The summed E-state index contributed by atoms with van der Waals surface area (Å²) in [5.41, 5.74) is 8.35. The van der Waals surface area contributed by atoms with E-state index in [1.165, 1.54) is 10.8 Å². The summed E-state index contributed by atoms with van der Waals surface area (Å²) < 4.78 is 0. The molecule has 158 valence electrons. The molecular formula is C30H22N2O. The van der Waals surface area contributed by atoms with Crippen LogP contribution in [-0.2, 0) is 0 Å². The predicted octanol–water partition coefficient (Wildman–Crippen LogP) is 7.73. The SMILES string of the molecule is Cc1ccc(O)cc1-c1cc(-c2ccc3ccccc3c2)ccc1-c1nc2ccccc2[nH]1. The third-order valence-corrected chi connectivity index (χ3v) is 6.26. The number of benzene rings is 5. The van der Waals surface area contributed by atoms with Crippen molar-refractivity contribution in [2.75, 3.05) is 0 Å². The number of hydrogen-bond donors (Lipinski definition) is 2. The Morgan fingerprint density at radius 2 is 1.39 bits per heavy atom. The average Bonchev–Trinajstić information content (AvgIpc) is 3.29. The van der Waals surface area contributed by atoms with Crippen LogP contribution >= 0.6 is 0 Å². The molecular weight excluding hydrogens is 404 g/mol. The Balaban J connectivity index is 1.58. The number of aromatic nitrogens is 2. The quantitative estimate of drug-likeness (QED) is 0.304. The summed E-state index contributed by atoms with van der Waals surface area (Å²) in [5.74, 6) is 1.07. The van der Waals surface area contributed by atoms with E-state index in [1.807, 2.05) is 36.4 Å². The van der Waals surface area contributed by atoms with Crippen molar-refractivity contribution in [3.05, 3.63) is 109 Å². The van der Waals surface area contributed by atoms with Gasteiger partial charge in [0.05, 0.1) is 11.0 Å². The standard InChI is InChI=1S/C30H22N2O/c1-19-10-14-24(33)18-26(19)27-17-23(22-12-11-20-6-2-3-7-21(20)16-22)13-15-25(27)30-31-28-8-4-5-9-29(28)32-30/h2-18,33H,1H3,(H,31,32). The molecule has 0 unspecified atom stereocenters. The Morgan fingerprint density at radius 1 is 0.636 bits per heavy atom. The van der Waals surface area contributed by atoms with Crippen molar-refractivity contribution in [3.63, 3.8) is 0 Å². The number of phenolic OH excluding ortho intramolecular Hbond substituents is 1. The molecule has 33 heavy (non-hydrogen) atoms. The summed E-state index contributed by atoms with van der Waals surface area (Å²) in [5, 5.41) is 12.7. The lowest BCUT2D eigenvalue weighted by Gasteiger charge is -2.14. The monoisotopic (exact) mass is 426 g/mol. The van der Waals surface area contributed by atoms with Crippen LogP contribution in [0.25, 0.3) is 55.4 Å². The summed E-state index contributed by atoms with van der Waals surface area (Å²) in [6.45, 7) is 2.07. The summed E-state index contributed by atoms with van der Waals surface area (Å²) in [4.78, 5) is 8.31. The van der Waals surface area contributed by atoms with Crippen LogP contribution < -0.4 is 0 Å². The number of aromatic hydroxyl groups is 1. The van der Waals surface area contributed by atoms with E-state index in [2.05, 4.69) is 72.6 Å². The second-order valence-electron chi connectivity index (χ2n) is 8.42. The molecule has 0 spiro atoms. The molecule has 0 aliphatic carbocycles. The molecule has 0 bridgehead atoms. The van der Waals surface area contributed by atoms with Crippen LogP contribution in [0.4, 0.5) is 0 Å². The number of rotatable bonds is 3. The number of nitrogens with zero attached hydrogens (tertiary/aromatic N) is 1. The average molecular weight is 427 g/mol. The smallest absolute Gasteiger partial charge is 0.139 e. The first-order chi connectivity index (χ1) is 16.2. The third-order valence-electron chi connectivity index (χ3n) is 6.26. The molecule has 5 aromatic carbocycles. The highest BCUT2D eigenvalue weighted by atomic mass is 16.3. The van der Waals surface area contributed by atoms with Crippen molar-refractivity contribution in [3.8, 4) is 39.4 Å². The van der Waals surface area contributed by atoms with Gasteiger partial charge in [0.15, 0.2) is 0 Å². The zero-order valence-electron chi connectivity index (χ0n) is 18.2. The first-order valence-corrected chi connectivity index (χ1v) is 11.0. The van der Waals surface area contributed by atoms with Crippen molar-refractivity contribution >= 4 is 21.8 Å². The largest absolute Gasteiger partial charge is 0.508 e. The van der Waals surface area contributed by atoms with E-state index >= 15 is 0 Å². The summed E-state index contributed by atoms with van der Waals surface area (Å²) in [6, 6.07) is 35.0. The number of imidazole rings is 1. The minimum Gasteiger partial charge on any atom is -0.508 e. The van der Waals surface area contributed by atoms with Gasteiger partial charge in [-0.05, 0) is 81.9 Å². The Kier molecular flexibility index (Phi) is 4.48. The number of phenols is 1. The van der Waals surface area contributed by atoms with Crippen molar-refractivity contribution in [2.24, 2.45) is 0 Å². The number of aryl methyl sites for hydroxylation is 1. The van der Waals surface area contributed by atoms with Crippen LogP contribution in [0.3, 0.4) is 0 Å². The van der Waals surface area contributed by atoms with E-state index in [-0.39, 0.29) is 5.75 Å².